The van der Waals surface area contributed by atoms with E-state index in [9.17, 15) is 0 Å². The van der Waals surface area contributed by atoms with Gasteiger partial charge in [0.1, 0.15) is 0 Å². The van der Waals surface area contributed by atoms with Crippen molar-refractivity contribution in [1.82, 2.24) is 20.4 Å². The van der Waals surface area contributed by atoms with Gasteiger partial charge in [-0.2, -0.15) is 0 Å². The van der Waals surface area contributed by atoms with E-state index < -0.39 is 0 Å². The summed E-state index contributed by atoms with van der Waals surface area (Å²) in [6.45, 7) is 15.4. The number of nitrogens with one attached hydrogen (secondary N) is 2. The lowest BCUT2D eigenvalue weighted by atomic mass is 10.0. The molecule has 0 aromatic heterocycles. The number of hydrogen-bond acceptors (Lipinski definition) is 4. The van der Waals surface area contributed by atoms with Crippen molar-refractivity contribution in [3.05, 3.63) is 0 Å². The van der Waals surface area contributed by atoms with Gasteiger partial charge in [0, 0.05) is 58.4 Å². The normalized spacial score (nSPS) is 26.6. The van der Waals surface area contributed by atoms with Crippen LogP contribution in [0.25, 0.3) is 0 Å². The van der Waals surface area contributed by atoms with Crippen molar-refractivity contribution >= 4 is 29.9 Å². The Morgan fingerprint density at radius 2 is 1.77 bits per heavy atom. The van der Waals surface area contributed by atoms with Crippen molar-refractivity contribution < 1.29 is 4.74 Å². The summed E-state index contributed by atoms with van der Waals surface area (Å²) >= 11 is 0. The second-order valence-electron chi connectivity index (χ2n) is 7.92. The van der Waals surface area contributed by atoms with Crippen molar-refractivity contribution in [3.63, 3.8) is 0 Å². The van der Waals surface area contributed by atoms with Gasteiger partial charge >= 0.3 is 0 Å². The largest absolute Gasteiger partial charge is 0.373 e. The average Bonchev–Trinajstić information content (AvgIpc) is 2.57. The van der Waals surface area contributed by atoms with Crippen LogP contribution in [0.15, 0.2) is 4.99 Å². The maximum atomic E-state index is 5.80. The van der Waals surface area contributed by atoms with Crippen LogP contribution in [0.1, 0.15) is 47.0 Å². The molecule has 2 saturated heterocycles. The third-order valence-corrected chi connectivity index (χ3v) is 5.26. The highest BCUT2D eigenvalue weighted by Gasteiger charge is 2.22. The van der Waals surface area contributed by atoms with Gasteiger partial charge in [0.15, 0.2) is 5.96 Å². The molecule has 7 heteroatoms. The molecule has 6 nitrogen and oxygen atoms in total. The van der Waals surface area contributed by atoms with E-state index >= 15 is 0 Å². The zero-order valence-electron chi connectivity index (χ0n) is 17.3. The fourth-order valence-corrected chi connectivity index (χ4v) is 3.92. The molecule has 2 atom stereocenters. The molecule has 154 valence electrons. The highest BCUT2D eigenvalue weighted by molar-refractivity contribution is 14.0. The van der Waals surface area contributed by atoms with Gasteiger partial charge in [-0.15, -0.1) is 24.0 Å². The van der Waals surface area contributed by atoms with E-state index in [4.69, 9.17) is 4.74 Å². The van der Waals surface area contributed by atoms with Crippen LogP contribution in [-0.4, -0.2) is 86.4 Å². The molecule has 2 aliphatic rings. The Balaban J connectivity index is 0.00000338. The van der Waals surface area contributed by atoms with Crippen molar-refractivity contribution in [2.45, 2.75) is 71.2 Å². The molecule has 0 aliphatic carbocycles. The average molecular weight is 481 g/mol. The van der Waals surface area contributed by atoms with Crippen molar-refractivity contribution in [2.75, 3.05) is 46.3 Å². The van der Waals surface area contributed by atoms with E-state index in [-0.39, 0.29) is 24.0 Å². The van der Waals surface area contributed by atoms with Crippen LogP contribution in [0.3, 0.4) is 0 Å². The number of aliphatic imine (C=N–C) groups is 1. The monoisotopic (exact) mass is 481 g/mol. The molecule has 2 N–H and O–H groups in total. The van der Waals surface area contributed by atoms with Crippen molar-refractivity contribution in [2.24, 2.45) is 4.99 Å². The lowest BCUT2D eigenvalue weighted by Gasteiger charge is -2.36. The fourth-order valence-electron chi connectivity index (χ4n) is 3.92. The molecule has 2 fully saturated rings. The molecule has 0 radical (unpaired) electrons. The van der Waals surface area contributed by atoms with Gasteiger partial charge in [0.25, 0.3) is 0 Å². The lowest BCUT2D eigenvalue weighted by molar-refractivity contribution is -0.0679. The van der Waals surface area contributed by atoms with E-state index in [0.717, 1.165) is 38.6 Å². The first-order chi connectivity index (χ1) is 12.0. The van der Waals surface area contributed by atoms with E-state index in [2.05, 4.69) is 53.1 Å². The molecule has 0 spiro atoms. The van der Waals surface area contributed by atoms with Crippen molar-refractivity contribution in [1.29, 1.82) is 0 Å². The van der Waals surface area contributed by atoms with Gasteiger partial charge in [0.2, 0.25) is 0 Å². The van der Waals surface area contributed by atoms with Crippen molar-refractivity contribution in [3.8, 4) is 0 Å². The Morgan fingerprint density at radius 1 is 1.15 bits per heavy atom. The van der Waals surface area contributed by atoms with Gasteiger partial charge < -0.3 is 20.3 Å². The SMILES string of the molecule is CN=C(NCCCN1CC(C)OC(C)C1)NC1CCN(C(C)C)CC1.I. The highest BCUT2D eigenvalue weighted by Crippen LogP contribution is 2.13. The summed E-state index contributed by atoms with van der Waals surface area (Å²) in [6.07, 6.45) is 4.22. The third kappa shape index (κ3) is 8.27. The second kappa shape index (κ2) is 12.4. The van der Waals surface area contributed by atoms with Crippen LogP contribution < -0.4 is 10.6 Å². The number of morpholine rings is 1. The minimum absolute atomic E-state index is 0. The summed E-state index contributed by atoms with van der Waals surface area (Å²) in [5.41, 5.74) is 0. The molecule has 26 heavy (non-hydrogen) atoms. The van der Waals surface area contributed by atoms with Crippen LogP contribution in [-0.2, 0) is 4.74 Å². The smallest absolute Gasteiger partial charge is 0.191 e. The third-order valence-electron chi connectivity index (χ3n) is 5.26. The molecular weight excluding hydrogens is 441 g/mol. The van der Waals surface area contributed by atoms with Gasteiger partial charge in [-0.3, -0.25) is 9.89 Å². The molecule has 2 unspecified atom stereocenters. The van der Waals surface area contributed by atoms with E-state index in [1.165, 1.54) is 25.9 Å². The summed E-state index contributed by atoms with van der Waals surface area (Å²) in [5.74, 6) is 0.951. The number of hydrogen-bond donors (Lipinski definition) is 2. The van der Waals surface area contributed by atoms with E-state index in [0.29, 0.717) is 24.3 Å². The number of guanidine groups is 1. The molecule has 0 aromatic rings. The number of rotatable bonds is 6. The summed E-state index contributed by atoms with van der Waals surface area (Å²) in [7, 11) is 1.86. The van der Waals surface area contributed by atoms with Crippen LogP contribution in [0.4, 0.5) is 0 Å². The first-order valence-corrected chi connectivity index (χ1v) is 10.1. The van der Waals surface area contributed by atoms with Crippen LogP contribution in [0.2, 0.25) is 0 Å². The number of piperidine rings is 1. The minimum atomic E-state index is 0. The molecule has 0 amide bonds. The minimum Gasteiger partial charge on any atom is -0.373 e. The summed E-state index contributed by atoms with van der Waals surface area (Å²) < 4.78 is 5.80. The zero-order valence-corrected chi connectivity index (χ0v) is 19.7. The molecule has 2 heterocycles. The predicted molar refractivity (Wildman–Crippen MR) is 121 cm³/mol. The van der Waals surface area contributed by atoms with E-state index in [1.54, 1.807) is 0 Å². The molecule has 0 aromatic carbocycles. The first-order valence-electron chi connectivity index (χ1n) is 10.1. The van der Waals surface area contributed by atoms with Gasteiger partial charge in [-0.1, -0.05) is 0 Å². The predicted octanol–water partition coefficient (Wildman–Crippen LogP) is 2.14. The molecule has 0 bridgehead atoms. The molecule has 2 aliphatic heterocycles. The van der Waals surface area contributed by atoms with Gasteiger partial charge in [-0.25, -0.2) is 0 Å². The first kappa shape index (κ1) is 23.9. The number of ether oxygens (including phenoxy) is 1. The number of halogens is 1. The fraction of sp³-hybridized carbons (Fsp3) is 0.947. The van der Waals surface area contributed by atoms with Gasteiger partial charge in [0.05, 0.1) is 12.2 Å². The molecular formula is C19H40IN5O. The van der Waals surface area contributed by atoms with Crippen LogP contribution >= 0.6 is 24.0 Å². The maximum Gasteiger partial charge on any atom is 0.191 e. The lowest BCUT2D eigenvalue weighted by Crippen LogP contribution is -2.50. The summed E-state index contributed by atoms with van der Waals surface area (Å²) in [5, 5.41) is 7.08. The topological polar surface area (TPSA) is 52.1 Å². The van der Waals surface area contributed by atoms with Crippen LogP contribution in [0, 0.1) is 0 Å². The Morgan fingerprint density at radius 3 is 2.31 bits per heavy atom. The Bertz CT molecular complexity index is 403. The quantitative estimate of drug-likeness (QED) is 0.264. The maximum absolute atomic E-state index is 5.80. The highest BCUT2D eigenvalue weighted by atomic mass is 127. The Kier molecular flexibility index (Phi) is 11.4. The number of likely N-dealkylation sites (tertiary alicyclic amines) is 1. The summed E-state index contributed by atoms with van der Waals surface area (Å²) in [6, 6.07) is 1.20. The van der Waals surface area contributed by atoms with Crippen LogP contribution in [0.5, 0.6) is 0 Å². The standard InChI is InChI=1S/C19H39N5O.HI/c1-15(2)24-11-7-18(8-12-24)22-19(20-5)21-9-6-10-23-13-16(3)25-17(4)14-23;/h15-18H,6-14H2,1-5H3,(H2,20,21,22);1H. The zero-order chi connectivity index (χ0) is 18.2. The van der Waals surface area contributed by atoms with E-state index in [1.807, 2.05) is 7.05 Å². The molecule has 2 rings (SSSR count). The van der Waals surface area contributed by atoms with Gasteiger partial charge in [-0.05, 0) is 47.0 Å². The Labute approximate surface area is 177 Å². The molecule has 0 saturated carbocycles. The second-order valence-corrected chi connectivity index (χ2v) is 7.92. The summed E-state index contributed by atoms with van der Waals surface area (Å²) in [4.78, 5) is 9.46. The Hall–Kier alpha value is -0.120. The number of nitrogens with zero attached hydrogens (tertiary/aromatic N) is 3.